The number of ether oxygens (including phenoxy) is 1. The average Bonchev–Trinajstić information content (AvgIpc) is 2.61. The van der Waals surface area contributed by atoms with Crippen LogP contribution in [-0.2, 0) is 4.74 Å². The molecule has 1 saturated heterocycles. The molecule has 3 rings (SSSR count). The summed E-state index contributed by atoms with van der Waals surface area (Å²) in [5, 5.41) is 3.75. The molecule has 2 fully saturated rings. The van der Waals surface area contributed by atoms with Crippen molar-refractivity contribution in [2.75, 3.05) is 32.8 Å². The Bertz CT molecular complexity index is 542. The van der Waals surface area contributed by atoms with Crippen LogP contribution in [0.5, 0.6) is 0 Å². The maximum absolute atomic E-state index is 12.5. The second-order valence-electron chi connectivity index (χ2n) is 6.58. The molecule has 0 spiro atoms. The molecule has 1 aliphatic carbocycles. The molecule has 0 radical (unpaired) electrons. The molecule has 1 aliphatic heterocycles. The molecule has 1 aromatic carbocycles. The fourth-order valence-electron chi connectivity index (χ4n) is 3.83. The number of amides is 1. The number of morpholine rings is 1. The minimum atomic E-state index is -0.0364. The van der Waals surface area contributed by atoms with E-state index in [0.717, 1.165) is 39.1 Å². The van der Waals surface area contributed by atoms with Crippen molar-refractivity contribution >= 4 is 29.9 Å². The Balaban J connectivity index is 0.00000208. The van der Waals surface area contributed by atoms with E-state index in [1.54, 1.807) is 12.1 Å². The summed E-state index contributed by atoms with van der Waals surface area (Å²) in [6.45, 7) is 4.23. The second-order valence-corrected chi connectivity index (χ2v) is 7.01. The van der Waals surface area contributed by atoms with Crippen molar-refractivity contribution in [3.05, 3.63) is 34.9 Å². The van der Waals surface area contributed by atoms with Crippen LogP contribution in [0.3, 0.4) is 0 Å². The van der Waals surface area contributed by atoms with Crippen molar-refractivity contribution in [3.63, 3.8) is 0 Å². The third-order valence-corrected chi connectivity index (χ3v) is 5.37. The van der Waals surface area contributed by atoms with E-state index in [2.05, 4.69) is 10.2 Å². The average molecular weight is 373 g/mol. The van der Waals surface area contributed by atoms with Gasteiger partial charge in [0.15, 0.2) is 0 Å². The van der Waals surface area contributed by atoms with E-state index in [-0.39, 0.29) is 23.9 Å². The number of rotatable bonds is 4. The van der Waals surface area contributed by atoms with E-state index < -0.39 is 0 Å². The lowest BCUT2D eigenvalue weighted by Gasteiger charge is -2.48. The minimum absolute atomic E-state index is 0. The summed E-state index contributed by atoms with van der Waals surface area (Å²) in [5.74, 6) is -0.0364. The van der Waals surface area contributed by atoms with Crippen molar-refractivity contribution in [1.29, 1.82) is 0 Å². The lowest BCUT2D eigenvalue weighted by Crippen LogP contribution is -2.59. The number of halogens is 2. The molecule has 1 heterocycles. The molecule has 0 bridgehead atoms. The quantitative estimate of drug-likeness (QED) is 0.878. The van der Waals surface area contributed by atoms with Gasteiger partial charge in [-0.15, -0.1) is 12.4 Å². The zero-order valence-electron chi connectivity index (χ0n) is 13.9. The molecule has 6 heteroatoms. The van der Waals surface area contributed by atoms with Crippen LogP contribution in [0, 0.1) is 0 Å². The summed E-state index contributed by atoms with van der Waals surface area (Å²) in [6, 6.07) is 7.13. The lowest BCUT2D eigenvalue weighted by atomic mass is 9.79. The zero-order valence-corrected chi connectivity index (χ0v) is 15.5. The van der Waals surface area contributed by atoms with E-state index in [0.29, 0.717) is 17.1 Å². The molecule has 134 valence electrons. The zero-order chi connectivity index (χ0) is 16.1. The summed E-state index contributed by atoms with van der Waals surface area (Å²) in [6.07, 6.45) is 6.09. The first kappa shape index (κ1) is 19.5. The van der Waals surface area contributed by atoms with Gasteiger partial charge in [-0.25, -0.2) is 0 Å². The highest BCUT2D eigenvalue weighted by molar-refractivity contribution is 6.30. The van der Waals surface area contributed by atoms with E-state index in [1.807, 2.05) is 12.1 Å². The van der Waals surface area contributed by atoms with Gasteiger partial charge in [0, 0.05) is 35.8 Å². The third-order valence-electron chi connectivity index (χ3n) is 5.13. The summed E-state index contributed by atoms with van der Waals surface area (Å²) in [4.78, 5) is 15.0. The molecular weight excluding hydrogens is 347 g/mol. The molecular formula is C18H26Cl2N2O2. The van der Waals surface area contributed by atoms with Crippen LogP contribution in [0.15, 0.2) is 24.3 Å². The Morgan fingerprint density at radius 2 is 1.92 bits per heavy atom. The van der Waals surface area contributed by atoms with Gasteiger partial charge in [0.2, 0.25) is 0 Å². The van der Waals surface area contributed by atoms with Crippen molar-refractivity contribution < 1.29 is 9.53 Å². The van der Waals surface area contributed by atoms with Crippen LogP contribution in [0.4, 0.5) is 0 Å². The summed E-state index contributed by atoms with van der Waals surface area (Å²) in [7, 11) is 0. The van der Waals surface area contributed by atoms with Gasteiger partial charge in [-0.05, 0) is 31.0 Å². The Kier molecular flexibility index (Phi) is 7.35. The monoisotopic (exact) mass is 372 g/mol. The fourth-order valence-corrected chi connectivity index (χ4v) is 4.02. The first-order valence-corrected chi connectivity index (χ1v) is 8.94. The number of hydrogen-bond acceptors (Lipinski definition) is 3. The molecule has 4 nitrogen and oxygen atoms in total. The largest absolute Gasteiger partial charge is 0.379 e. The maximum atomic E-state index is 12.5. The normalized spacial score (nSPS) is 20.9. The van der Waals surface area contributed by atoms with Gasteiger partial charge in [-0.1, -0.05) is 36.9 Å². The predicted molar refractivity (Wildman–Crippen MR) is 99.2 cm³/mol. The maximum Gasteiger partial charge on any atom is 0.251 e. The number of benzene rings is 1. The van der Waals surface area contributed by atoms with E-state index in [9.17, 15) is 4.79 Å². The number of carbonyl (C=O) groups excluding carboxylic acids is 1. The molecule has 1 aromatic rings. The Morgan fingerprint density at radius 3 is 2.58 bits per heavy atom. The van der Waals surface area contributed by atoms with Crippen molar-refractivity contribution in [2.45, 2.75) is 37.6 Å². The smallest absolute Gasteiger partial charge is 0.251 e. The van der Waals surface area contributed by atoms with Crippen LogP contribution >= 0.6 is 24.0 Å². The molecule has 2 aliphatic rings. The molecule has 0 unspecified atom stereocenters. The van der Waals surface area contributed by atoms with Gasteiger partial charge >= 0.3 is 0 Å². The topological polar surface area (TPSA) is 41.6 Å². The minimum Gasteiger partial charge on any atom is -0.379 e. The second kappa shape index (κ2) is 9.04. The highest BCUT2D eigenvalue weighted by Crippen LogP contribution is 2.34. The SMILES string of the molecule is Cl.O=C(NCC1(N2CCOCC2)CCCCC1)c1cccc(Cl)c1. The molecule has 24 heavy (non-hydrogen) atoms. The lowest BCUT2D eigenvalue weighted by molar-refractivity contribution is -0.0361. The molecule has 0 aromatic heterocycles. The van der Waals surface area contributed by atoms with E-state index in [4.69, 9.17) is 16.3 Å². The van der Waals surface area contributed by atoms with Crippen molar-refractivity contribution in [2.24, 2.45) is 0 Å². The predicted octanol–water partition coefficient (Wildman–Crippen LogP) is 3.53. The first-order valence-electron chi connectivity index (χ1n) is 8.56. The van der Waals surface area contributed by atoms with Crippen molar-refractivity contribution in [1.82, 2.24) is 10.2 Å². The highest BCUT2D eigenvalue weighted by atomic mass is 35.5. The van der Waals surface area contributed by atoms with E-state index in [1.165, 1.54) is 19.3 Å². The van der Waals surface area contributed by atoms with Crippen LogP contribution in [-0.4, -0.2) is 49.2 Å². The Morgan fingerprint density at radius 1 is 1.21 bits per heavy atom. The van der Waals surface area contributed by atoms with Gasteiger partial charge in [-0.3, -0.25) is 9.69 Å². The van der Waals surface area contributed by atoms with Gasteiger partial charge in [0.05, 0.1) is 13.2 Å². The number of nitrogens with zero attached hydrogens (tertiary/aromatic N) is 1. The summed E-state index contributed by atoms with van der Waals surface area (Å²) >= 11 is 5.98. The molecule has 1 saturated carbocycles. The highest BCUT2D eigenvalue weighted by Gasteiger charge is 2.38. The van der Waals surface area contributed by atoms with Crippen LogP contribution in [0.2, 0.25) is 5.02 Å². The van der Waals surface area contributed by atoms with Gasteiger partial charge < -0.3 is 10.1 Å². The van der Waals surface area contributed by atoms with Gasteiger partial charge in [-0.2, -0.15) is 0 Å². The first-order chi connectivity index (χ1) is 11.2. The fraction of sp³-hybridized carbons (Fsp3) is 0.611. The summed E-state index contributed by atoms with van der Waals surface area (Å²) < 4.78 is 5.50. The Labute approximate surface area is 155 Å². The van der Waals surface area contributed by atoms with Crippen LogP contribution in [0.25, 0.3) is 0 Å². The van der Waals surface area contributed by atoms with Crippen LogP contribution < -0.4 is 5.32 Å². The number of carbonyl (C=O) groups is 1. The van der Waals surface area contributed by atoms with Gasteiger partial charge in [0.25, 0.3) is 5.91 Å². The number of hydrogen-bond donors (Lipinski definition) is 1. The van der Waals surface area contributed by atoms with E-state index >= 15 is 0 Å². The summed E-state index contributed by atoms with van der Waals surface area (Å²) in [5.41, 5.74) is 0.724. The third kappa shape index (κ3) is 4.63. The van der Waals surface area contributed by atoms with Gasteiger partial charge in [0.1, 0.15) is 0 Å². The Hall–Kier alpha value is -0.810. The number of nitrogens with one attached hydrogen (secondary N) is 1. The molecule has 1 N–H and O–H groups in total. The molecule has 0 atom stereocenters. The van der Waals surface area contributed by atoms with Crippen LogP contribution in [0.1, 0.15) is 42.5 Å². The standard InChI is InChI=1S/C18H25ClN2O2.ClH/c19-16-6-4-5-15(13-16)17(22)20-14-18(7-2-1-3-8-18)21-9-11-23-12-10-21;/h4-6,13H,1-3,7-12,14H2,(H,20,22);1H. The van der Waals surface area contributed by atoms with Crippen molar-refractivity contribution in [3.8, 4) is 0 Å². The molecule has 1 amide bonds.